The maximum Gasteiger partial charge on any atom is 0.257 e. The molecular weight excluding hydrogens is 510 g/mol. The Balaban J connectivity index is 1.16. The molecule has 0 aliphatic rings. The lowest BCUT2D eigenvalue weighted by Gasteiger charge is -2.11. The average molecular weight is 548 g/mol. The van der Waals surface area contributed by atoms with Crippen LogP contribution in [0.25, 0.3) is 11.0 Å². The number of halogens is 1. The van der Waals surface area contributed by atoms with Crippen LogP contribution in [0, 0.1) is 0 Å². The van der Waals surface area contributed by atoms with Gasteiger partial charge in [-0.25, -0.2) is 4.98 Å². The first-order chi connectivity index (χ1) is 19.1. The predicted octanol–water partition coefficient (Wildman–Crippen LogP) is 7.02. The van der Waals surface area contributed by atoms with E-state index in [0.29, 0.717) is 23.9 Å². The quantitative estimate of drug-likeness (QED) is 0.153. The summed E-state index contributed by atoms with van der Waals surface area (Å²) in [6.45, 7) is 4.44. The fourth-order valence-corrected chi connectivity index (χ4v) is 4.62. The number of para-hydroxylation sites is 2. The number of nitrogens with zero attached hydrogens (tertiary/aromatic N) is 2. The molecule has 3 aromatic carbocycles. The summed E-state index contributed by atoms with van der Waals surface area (Å²) < 4.78 is 13.8. The number of carbonyl (C=O) groups is 1. The molecule has 0 atom stereocenters. The number of aryl methyl sites for hydroxylation is 3. The predicted molar refractivity (Wildman–Crippen MR) is 158 cm³/mol. The van der Waals surface area contributed by atoms with Crippen molar-refractivity contribution in [2.75, 3.05) is 19.8 Å². The molecule has 39 heavy (non-hydrogen) atoms. The largest absolute Gasteiger partial charge is 0.494 e. The Bertz CT molecular complexity index is 1300. The molecule has 0 unspecified atom stereocenters. The fourth-order valence-electron chi connectivity index (χ4n) is 4.49. The highest BCUT2D eigenvalue weighted by Gasteiger charge is 2.10. The van der Waals surface area contributed by atoms with Gasteiger partial charge in [-0.1, -0.05) is 49.2 Å². The van der Waals surface area contributed by atoms with E-state index < -0.39 is 0 Å². The van der Waals surface area contributed by atoms with Crippen LogP contribution in [0.1, 0.15) is 50.4 Å². The van der Waals surface area contributed by atoms with Gasteiger partial charge in [-0.15, -0.1) is 0 Å². The number of rotatable bonds is 16. The average Bonchev–Trinajstić information content (AvgIpc) is 3.32. The third kappa shape index (κ3) is 9.03. The Morgan fingerprint density at radius 3 is 2.41 bits per heavy atom. The van der Waals surface area contributed by atoms with Crippen LogP contribution in [0.4, 0.5) is 0 Å². The molecule has 4 aromatic rings. The molecule has 6 nitrogen and oxygen atoms in total. The highest BCUT2D eigenvalue weighted by atomic mass is 35.5. The first-order valence-electron chi connectivity index (χ1n) is 13.9. The number of unbranched alkanes of at least 4 members (excludes halogenated alkanes) is 3. The SMILES string of the molecule is CCc1ccc(OCCCCn2c(CCCCCNC(=O)COc3ccc(Cl)cc3)nc3ccccc32)cc1. The molecule has 1 aromatic heterocycles. The third-order valence-electron chi connectivity index (χ3n) is 6.69. The number of nitrogens with one attached hydrogen (secondary N) is 1. The lowest BCUT2D eigenvalue weighted by Crippen LogP contribution is -2.29. The maximum absolute atomic E-state index is 12.1. The number of benzene rings is 3. The zero-order valence-electron chi connectivity index (χ0n) is 22.7. The van der Waals surface area contributed by atoms with Gasteiger partial charge in [0, 0.05) is 24.5 Å². The van der Waals surface area contributed by atoms with Crippen molar-refractivity contribution in [2.24, 2.45) is 0 Å². The molecule has 0 saturated heterocycles. The van der Waals surface area contributed by atoms with E-state index in [0.717, 1.165) is 68.6 Å². The first-order valence-corrected chi connectivity index (χ1v) is 14.3. The van der Waals surface area contributed by atoms with Crippen molar-refractivity contribution < 1.29 is 14.3 Å². The van der Waals surface area contributed by atoms with Gasteiger partial charge >= 0.3 is 0 Å². The van der Waals surface area contributed by atoms with Crippen LogP contribution in [-0.4, -0.2) is 35.2 Å². The van der Waals surface area contributed by atoms with Crippen molar-refractivity contribution >= 4 is 28.5 Å². The molecule has 0 fully saturated rings. The van der Waals surface area contributed by atoms with Crippen molar-refractivity contribution in [3.05, 3.63) is 89.2 Å². The van der Waals surface area contributed by atoms with Gasteiger partial charge in [-0.3, -0.25) is 4.79 Å². The smallest absolute Gasteiger partial charge is 0.257 e. The van der Waals surface area contributed by atoms with Crippen molar-refractivity contribution in [1.29, 1.82) is 0 Å². The minimum absolute atomic E-state index is 0.00182. The molecule has 1 amide bonds. The summed E-state index contributed by atoms with van der Waals surface area (Å²) in [6, 6.07) is 23.7. The fraction of sp³-hybridized carbons (Fsp3) is 0.375. The summed E-state index contributed by atoms with van der Waals surface area (Å²) >= 11 is 5.87. The normalized spacial score (nSPS) is 11.0. The standard InChI is InChI=1S/C32H38ClN3O3/c1-2-25-13-17-27(18-14-25)38-23-9-8-22-36-30-11-6-5-10-29(30)35-31(36)12-4-3-7-21-34-32(37)24-39-28-19-15-26(33)16-20-28/h5-6,10-11,13-20H,2-4,7-9,12,21-24H2,1H3,(H,34,37). The summed E-state index contributed by atoms with van der Waals surface area (Å²) in [7, 11) is 0. The summed E-state index contributed by atoms with van der Waals surface area (Å²) in [5.74, 6) is 2.58. The molecule has 206 valence electrons. The van der Waals surface area contributed by atoms with Gasteiger partial charge in [-0.05, 0) is 86.2 Å². The lowest BCUT2D eigenvalue weighted by atomic mass is 10.2. The topological polar surface area (TPSA) is 65.4 Å². The zero-order chi connectivity index (χ0) is 27.3. The molecule has 4 rings (SSSR count). The van der Waals surface area contributed by atoms with E-state index in [1.807, 2.05) is 6.07 Å². The van der Waals surface area contributed by atoms with E-state index in [1.165, 1.54) is 11.1 Å². The second-order valence-electron chi connectivity index (χ2n) is 9.62. The van der Waals surface area contributed by atoms with Gasteiger partial charge < -0.3 is 19.4 Å². The van der Waals surface area contributed by atoms with E-state index in [4.69, 9.17) is 26.1 Å². The monoisotopic (exact) mass is 547 g/mol. The van der Waals surface area contributed by atoms with E-state index in [2.05, 4.69) is 59.3 Å². The number of amides is 1. The first kappa shape index (κ1) is 28.5. The minimum atomic E-state index is -0.117. The second-order valence-corrected chi connectivity index (χ2v) is 10.1. The highest BCUT2D eigenvalue weighted by molar-refractivity contribution is 6.30. The molecule has 0 aliphatic heterocycles. The number of fused-ring (bicyclic) bond motifs is 1. The maximum atomic E-state index is 12.1. The van der Waals surface area contributed by atoms with Crippen LogP contribution < -0.4 is 14.8 Å². The van der Waals surface area contributed by atoms with Gasteiger partial charge in [0.25, 0.3) is 5.91 Å². The van der Waals surface area contributed by atoms with Gasteiger partial charge in [-0.2, -0.15) is 0 Å². The van der Waals surface area contributed by atoms with Crippen molar-refractivity contribution in [3.8, 4) is 11.5 Å². The van der Waals surface area contributed by atoms with Crippen molar-refractivity contribution in [1.82, 2.24) is 14.9 Å². The zero-order valence-corrected chi connectivity index (χ0v) is 23.5. The molecule has 0 radical (unpaired) electrons. The molecule has 1 N–H and O–H groups in total. The Morgan fingerprint density at radius 2 is 1.62 bits per heavy atom. The number of hydrogen-bond acceptors (Lipinski definition) is 4. The summed E-state index contributed by atoms with van der Waals surface area (Å²) in [5.41, 5.74) is 3.57. The van der Waals surface area contributed by atoms with Crippen molar-refractivity contribution in [2.45, 2.75) is 58.4 Å². The van der Waals surface area contributed by atoms with Crippen LogP contribution in [0.2, 0.25) is 5.02 Å². The lowest BCUT2D eigenvalue weighted by molar-refractivity contribution is -0.123. The molecule has 0 saturated carbocycles. The Kier molecular flexibility index (Phi) is 11.1. The number of aromatic nitrogens is 2. The van der Waals surface area contributed by atoms with Crippen LogP contribution in [0.5, 0.6) is 11.5 Å². The van der Waals surface area contributed by atoms with E-state index in [1.54, 1.807) is 24.3 Å². The van der Waals surface area contributed by atoms with Crippen LogP contribution in [0.3, 0.4) is 0 Å². The van der Waals surface area contributed by atoms with Crippen molar-refractivity contribution in [3.63, 3.8) is 0 Å². The van der Waals surface area contributed by atoms with Crippen LogP contribution in [-0.2, 0) is 24.2 Å². The Hall–Kier alpha value is -3.51. The van der Waals surface area contributed by atoms with E-state index in [9.17, 15) is 4.79 Å². The number of imidazole rings is 1. The van der Waals surface area contributed by atoms with E-state index >= 15 is 0 Å². The molecule has 7 heteroatoms. The summed E-state index contributed by atoms with van der Waals surface area (Å²) in [6.07, 6.45) is 6.95. The minimum Gasteiger partial charge on any atom is -0.494 e. The van der Waals surface area contributed by atoms with Gasteiger partial charge in [0.05, 0.1) is 17.6 Å². The second kappa shape index (κ2) is 15.2. The molecule has 0 aliphatic carbocycles. The Labute approximate surface area is 236 Å². The van der Waals surface area contributed by atoms with Gasteiger partial charge in [0.15, 0.2) is 6.61 Å². The number of hydrogen-bond donors (Lipinski definition) is 1. The number of ether oxygens (including phenoxy) is 2. The molecule has 1 heterocycles. The Morgan fingerprint density at radius 1 is 0.872 bits per heavy atom. The van der Waals surface area contributed by atoms with Gasteiger partial charge in [0.2, 0.25) is 0 Å². The summed E-state index contributed by atoms with van der Waals surface area (Å²) in [4.78, 5) is 17.0. The summed E-state index contributed by atoms with van der Waals surface area (Å²) in [5, 5.41) is 3.57. The van der Waals surface area contributed by atoms with Gasteiger partial charge in [0.1, 0.15) is 17.3 Å². The third-order valence-corrected chi connectivity index (χ3v) is 6.94. The van der Waals surface area contributed by atoms with Crippen LogP contribution in [0.15, 0.2) is 72.8 Å². The number of carbonyl (C=O) groups excluding carboxylic acids is 1. The molecule has 0 spiro atoms. The van der Waals surface area contributed by atoms with E-state index in [-0.39, 0.29) is 12.5 Å². The van der Waals surface area contributed by atoms with Crippen LogP contribution >= 0.6 is 11.6 Å². The molecule has 0 bridgehead atoms. The highest BCUT2D eigenvalue weighted by Crippen LogP contribution is 2.19. The molecular formula is C32H38ClN3O3.